The van der Waals surface area contributed by atoms with Crippen molar-refractivity contribution < 1.29 is 0 Å². The van der Waals surface area contributed by atoms with Gasteiger partial charge in [0, 0.05) is 16.9 Å². The van der Waals surface area contributed by atoms with E-state index in [0.717, 1.165) is 5.69 Å². The van der Waals surface area contributed by atoms with Gasteiger partial charge in [-0.3, -0.25) is 0 Å². The first-order valence-corrected chi connectivity index (χ1v) is 12.0. The van der Waals surface area contributed by atoms with Crippen molar-refractivity contribution in [3.63, 3.8) is 0 Å². The molecule has 0 aliphatic heterocycles. The summed E-state index contributed by atoms with van der Waals surface area (Å²) in [5.74, 6) is 0. The van der Waals surface area contributed by atoms with Crippen molar-refractivity contribution in [2.75, 3.05) is 5.32 Å². The van der Waals surface area contributed by atoms with Crippen LogP contribution in [0.2, 0.25) is 0 Å². The minimum absolute atomic E-state index is 0.144. The molecule has 166 valence electrons. The van der Waals surface area contributed by atoms with Crippen LogP contribution in [0.5, 0.6) is 0 Å². The largest absolute Gasteiger partial charge is 0.355 e. The van der Waals surface area contributed by atoms with Crippen LogP contribution in [-0.4, -0.2) is 0 Å². The third kappa shape index (κ3) is 4.09. The molecule has 33 heavy (non-hydrogen) atoms. The van der Waals surface area contributed by atoms with E-state index >= 15 is 0 Å². The third-order valence-electron chi connectivity index (χ3n) is 7.33. The quantitative estimate of drug-likeness (QED) is 0.340. The van der Waals surface area contributed by atoms with Gasteiger partial charge in [0.05, 0.1) is 0 Å². The summed E-state index contributed by atoms with van der Waals surface area (Å²) in [5, 5.41) is 3.87. The topological polar surface area (TPSA) is 12.0 Å². The fourth-order valence-corrected chi connectivity index (χ4v) is 5.30. The molecule has 0 unspecified atom stereocenters. The zero-order valence-electron chi connectivity index (χ0n) is 20.2. The normalized spacial score (nSPS) is 16.1. The van der Waals surface area contributed by atoms with E-state index in [-0.39, 0.29) is 10.8 Å². The summed E-state index contributed by atoms with van der Waals surface area (Å²) in [6.45, 7) is 9.55. The molecule has 5 rings (SSSR count). The maximum absolute atomic E-state index is 3.87. The van der Waals surface area contributed by atoms with Crippen molar-refractivity contribution in [3.05, 3.63) is 108 Å². The van der Waals surface area contributed by atoms with Crippen LogP contribution in [0.15, 0.2) is 97.1 Å². The van der Waals surface area contributed by atoms with Crippen molar-refractivity contribution >= 4 is 11.4 Å². The Morgan fingerprint density at radius 3 is 1.88 bits per heavy atom. The average molecular weight is 432 g/mol. The second-order valence-electron chi connectivity index (χ2n) is 10.6. The van der Waals surface area contributed by atoms with Gasteiger partial charge < -0.3 is 5.32 Å². The Morgan fingerprint density at radius 2 is 1.18 bits per heavy atom. The molecule has 0 aromatic heterocycles. The second-order valence-corrected chi connectivity index (χ2v) is 10.6. The summed E-state index contributed by atoms with van der Waals surface area (Å²) in [5.41, 5.74) is 10.6. The molecule has 0 saturated heterocycles. The van der Waals surface area contributed by atoms with Crippen molar-refractivity contribution in [1.29, 1.82) is 0 Å². The summed E-state index contributed by atoms with van der Waals surface area (Å²) in [7, 11) is 0. The molecular formula is C32H33N. The molecule has 0 atom stereocenters. The van der Waals surface area contributed by atoms with Gasteiger partial charge in [-0.25, -0.2) is 0 Å². The molecular weight excluding hydrogens is 398 g/mol. The lowest BCUT2D eigenvalue weighted by molar-refractivity contribution is 0.333. The van der Waals surface area contributed by atoms with Crippen LogP contribution in [0, 0.1) is 0 Å². The van der Waals surface area contributed by atoms with Gasteiger partial charge in [0.15, 0.2) is 0 Å². The summed E-state index contributed by atoms with van der Waals surface area (Å²) in [4.78, 5) is 0. The first-order chi connectivity index (χ1) is 15.9. The molecule has 0 heterocycles. The van der Waals surface area contributed by atoms with E-state index in [1.165, 1.54) is 51.9 Å². The molecule has 1 aliphatic rings. The van der Waals surface area contributed by atoms with Gasteiger partial charge in [0.25, 0.3) is 0 Å². The lowest BCUT2D eigenvalue weighted by Gasteiger charge is -2.43. The highest BCUT2D eigenvalue weighted by atomic mass is 14.9. The monoisotopic (exact) mass is 431 g/mol. The molecule has 0 bridgehead atoms. The molecule has 4 aromatic carbocycles. The van der Waals surface area contributed by atoms with E-state index in [9.17, 15) is 0 Å². The Hall–Kier alpha value is -3.32. The van der Waals surface area contributed by atoms with Gasteiger partial charge in [0.2, 0.25) is 0 Å². The molecule has 1 N–H and O–H groups in total. The second kappa shape index (κ2) is 8.23. The van der Waals surface area contributed by atoms with Crippen LogP contribution < -0.4 is 5.32 Å². The molecule has 0 spiro atoms. The SMILES string of the molecule is CC1(C)CCC(C)(C)c2c(Nc3ccc(-c4ccccc4)cc3-c3ccccc3)cccc21. The fraction of sp³-hybridized carbons (Fsp3) is 0.250. The Balaban J connectivity index is 1.64. The molecule has 0 radical (unpaired) electrons. The minimum atomic E-state index is 0.144. The Bertz CT molecular complexity index is 1270. The average Bonchev–Trinajstić information content (AvgIpc) is 2.83. The zero-order chi connectivity index (χ0) is 23.1. The molecule has 4 aromatic rings. The molecule has 0 fully saturated rings. The van der Waals surface area contributed by atoms with E-state index in [1.807, 2.05) is 0 Å². The number of hydrogen-bond donors (Lipinski definition) is 1. The highest BCUT2D eigenvalue weighted by Crippen LogP contribution is 2.49. The van der Waals surface area contributed by atoms with Gasteiger partial charge in [-0.05, 0) is 69.7 Å². The van der Waals surface area contributed by atoms with E-state index < -0.39 is 0 Å². The van der Waals surface area contributed by atoms with Gasteiger partial charge in [0.1, 0.15) is 0 Å². The van der Waals surface area contributed by atoms with Crippen molar-refractivity contribution in [1.82, 2.24) is 0 Å². The molecule has 0 amide bonds. The standard InChI is InChI=1S/C32H33N/c1-31(2)20-21-32(3,4)30-27(31)16-11-17-29(30)33-28-19-18-25(23-12-7-5-8-13-23)22-26(28)24-14-9-6-10-15-24/h5-19,22,33H,20-21H2,1-4H3. The highest BCUT2D eigenvalue weighted by Gasteiger charge is 2.38. The maximum Gasteiger partial charge on any atom is 0.0464 e. The highest BCUT2D eigenvalue weighted by molar-refractivity contribution is 5.86. The van der Waals surface area contributed by atoms with Gasteiger partial charge in [-0.15, -0.1) is 0 Å². The summed E-state index contributed by atoms with van der Waals surface area (Å²) < 4.78 is 0. The van der Waals surface area contributed by atoms with Gasteiger partial charge >= 0.3 is 0 Å². The van der Waals surface area contributed by atoms with Crippen LogP contribution in [0.25, 0.3) is 22.3 Å². The number of fused-ring (bicyclic) bond motifs is 1. The summed E-state index contributed by atoms with van der Waals surface area (Å²) >= 11 is 0. The van der Waals surface area contributed by atoms with Crippen LogP contribution in [0.3, 0.4) is 0 Å². The summed E-state index contributed by atoms with van der Waals surface area (Å²) in [6.07, 6.45) is 2.42. The predicted octanol–water partition coefficient (Wildman–Crippen LogP) is 9.11. The van der Waals surface area contributed by atoms with E-state index in [1.54, 1.807) is 0 Å². The van der Waals surface area contributed by atoms with E-state index in [2.05, 4.69) is 130 Å². The van der Waals surface area contributed by atoms with E-state index in [0.29, 0.717) is 0 Å². The number of anilines is 2. The molecule has 0 saturated carbocycles. The zero-order valence-corrected chi connectivity index (χ0v) is 20.2. The van der Waals surface area contributed by atoms with Crippen LogP contribution in [0.4, 0.5) is 11.4 Å². The smallest absolute Gasteiger partial charge is 0.0464 e. The minimum Gasteiger partial charge on any atom is -0.355 e. The van der Waals surface area contributed by atoms with Crippen LogP contribution >= 0.6 is 0 Å². The first kappa shape index (κ1) is 21.5. The number of benzene rings is 4. The third-order valence-corrected chi connectivity index (χ3v) is 7.33. The van der Waals surface area contributed by atoms with Gasteiger partial charge in [-0.1, -0.05) is 107 Å². The fourth-order valence-electron chi connectivity index (χ4n) is 5.30. The van der Waals surface area contributed by atoms with Crippen LogP contribution in [0.1, 0.15) is 51.7 Å². The maximum atomic E-state index is 3.87. The molecule has 1 aliphatic carbocycles. The van der Waals surface area contributed by atoms with Crippen molar-refractivity contribution in [2.24, 2.45) is 0 Å². The van der Waals surface area contributed by atoms with Crippen molar-refractivity contribution in [2.45, 2.75) is 51.4 Å². The molecule has 1 nitrogen and oxygen atoms in total. The van der Waals surface area contributed by atoms with Crippen molar-refractivity contribution in [3.8, 4) is 22.3 Å². The number of rotatable bonds is 4. The Kier molecular flexibility index (Phi) is 5.37. The lowest BCUT2D eigenvalue weighted by atomic mass is 9.62. The van der Waals surface area contributed by atoms with Gasteiger partial charge in [-0.2, -0.15) is 0 Å². The Labute approximate surface area is 198 Å². The summed E-state index contributed by atoms with van der Waals surface area (Å²) in [6, 6.07) is 34.9. The first-order valence-electron chi connectivity index (χ1n) is 12.0. The van der Waals surface area contributed by atoms with Crippen LogP contribution in [-0.2, 0) is 10.8 Å². The number of nitrogens with one attached hydrogen (secondary N) is 1. The number of hydrogen-bond acceptors (Lipinski definition) is 1. The molecule has 1 heteroatoms. The Morgan fingerprint density at radius 1 is 0.545 bits per heavy atom. The lowest BCUT2D eigenvalue weighted by Crippen LogP contribution is -2.34. The predicted molar refractivity (Wildman–Crippen MR) is 142 cm³/mol. The van der Waals surface area contributed by atoms with E-state index in [4.69, 9.17) is 0 Å².